The van der Waals surface area contributed by atoms with E-state index in [1.807, 2.05) is 0 Å². The van der Waals surface area contributed by atoms with Crippen molar-refractivity contribution in [3.8, 4) is 5.75 Å². The monoisotopic (exact) mass is 371 g/mol. The van der Waals surface area contributed by atoms with Crippen LogP contribution in [0.4, 0.5) is 5.69 Å². The normalized spacial score (nSPS) is 12.1. The number of sulfonamides is 1. The van der Waals surface area contributed by atoms with Crippen molar-refractivity contribution in [2.75, 3.05) is 25.6 Å². The third-order valence-electron chi connectivity index (χ3n) is 3.50. The summed E-state index contributed by atoms with van der Waals surface area (Å²) in [5.74, 6) is -0.309. The Bertz CT molecular complexity index is 861. The molecule has 24 heavy (non-hydrogen) atoms. The lowest BCUT2D eigenvalue weighted by molar-refractivity contribution is 0.286. The standard InChI is InChI=1S/C15H18NO6PS/c1-16(24(19,20)13-7-5-4-6-8-13)12-9-10-14(17)15(11-12)23(18,21-2)22-3/h4-11,17H,1-3H3. The van der Waals surface area contributed by atoms with E-state index in [2.05, 4.69) is 0 Å². The van der Waals surface area contributed by atoms with E-state index >= 15 is 0 Å². The summed E-state index contributed by atoms with van der Waals surface area (Å²) >= 11 is 0. The molecule has 0 aliphatic rings. The average molecular weight is 371 g/mol. The van der Waals surface area contributed by atoms with Crippen molar-refractivity contribution < 1.29 is 27.1 Å². The van der Waals surface area contributed by atoms with Gasteiger partial charge in [-0.1, -0.05) is 18.2 Å². The van der Waals surface area contributed by atoms with Crippen molar-refractivity contribution in [3.05, 3.63) is 48.5 Å². The summed E-state index contributed by atoms with van der Waals surface area (Å²) in [7, 11) is -3.81. The number of hydrogen-bond donors (Lipinski definition) is 1. The average Bonchev–Trinajstić information content (AvgIpc) is 2.61. The molecule has 2 aromatic carbocycles. The van der Waals surface area contributed by atoms with Crippen LogP contribution >= 0.6 is 7.60 Å². The molecule has 0 amide bonds. The Morgan fingerprint density at radius 2 is 1.62 bits per heavy atom. The highest BCUT2D eigenvalue weighted by molar-refractivity contribution is 7.92. The summed E-state index contributed by atoms with van der Waals surface area (Å²) in [5.41, 5.74) is 0.209. The summed E-state index contributed by atoms with van der Waals surface area (Å²) in [6.45, 7) is 0. The smallest absolute Gasteiger partial charge is 0.364 e. The predicted molar refractivity (Wildman–Crippen MR) is 91.4 cm³/mol. The molecular formula is C15H18NO6PS. The van der Waals surface area contributed by atoms with Crippen LogP contribution in [0.1, 0.15) is 0 Å². The minimum Gasteiger partial charge on any atom is -0.507 e. The molecule has 130 valence electrons. The van der Waals surface area contributed by atoms with E-state index in [0.29, 0.717) is 0 Å². The van der Waals surface area contributed by atoms with Crippen LogP contribution in [-0.4, -0.2) is 34.8 Å². The minimum absolute atomic E-state index is 0.111. The van der Waals surface area contributed by atoms with Gasteiger partial charge < -0.3 is 14.2 Å². The molecule has 0 saturated heterocycles. The van der Waals surface area contributed by atoms with Crippen LogP contribution in [0, 0.1) is 0 Å². The molecule has 0 bridgehead atoms. The summed E-state index contributed by atoms with van der Waals surface area (Å²) in [6, 6.07) is 11.8. The van der Waals surface area contributed by atoms with Crippen LogP contribution < -0.4 is 9.61 Å². The highest BCUT2D eigenvalue weighted by Gasteiger charge is 2.30. The second kappa shape index (κ2) is 6.94. The van der Waals surface area contributed by atoms with E-state index in [9.17, 15) is 18.1 Å². The van der Waals surface area contributed by atoms with Crippen molar-refractivity contribution in [3.63, 3.8) is 0 Å². The van der Waals surface area contributed by atoms with Crippen molar-refractivity contribution in [2.45, 2.75) is 4.90 Å². The highest BCUT2D eigenvalue weighted by atomic mass is 32.2. The largest absolute Gasteiger partial charge is 0.507 e. The number of benzene rings is 2. The third-order valence-corrected chi connectivity index (χ3v) is 7.21. The molecule has 0 atom stereocenters. The van der Waals surface area contributed by atoms with Gasteiger partial charge in [0.2, 0.25) is 0 Å². The fraction of sp³-hybridized carbons (Fsp3) is 0.200. The highest BCUT2D eigenvalue weighted by Crippen LogP contribution is 2.48. The quantitative estimate of drug-likeness (QED) is 0.784. The Morgan fingerprint density at radius 1 is 1.04 bits per heavy atom. The SMILES string of the molecule is COP(=O)(OC)c1cc(N(C)S(=O)(=O)c2ccccc2)ccc1O. The Balaban J connectivity index is 2.52. The molecule has 0 unspecified atom stereocenters. The fourth-order valence-corrected chi connectivity index (χ4v) is 4.48. The molecule has 0 aliphatic heterocycles. The molecule has 0 spiro atoms. The lowest BCUT2D eigenvalue weighted by Gasteiger charge is -2.22. The summed E-state index contributed by atoms with van der Waals surface area (Å²) in [5, 5.41) is 9.82. The topological polar surface area (TPSA) is 93.1 Å². The van der Waals surface area contributed by atoms with E-state index in [-0.39, 0.29) is 21.6 Å². The summed E-state index contributed by atoms with van der Waals surface area (Å²) < 4.78 is 48.6. The van der Waals surface area contributed by atoms with Gasteiger partial charge >= 0.3 is 7.60 Å². The Hall–Kier alpha value is -1.86. The van der Waals surface area contributed by atoms with Crippen LogP contribution in [0.25, 0.3) is 0 Å². The van der Waals surface area contributed by atoms with E-state index in [1.165, 1.54) is 51.6 Å². The van der Waals surface area contributed by atoms with Gasteiger partial charge in [-0.2, -0.15) is 0 Å². The molecule has 1 N–H and O–H groups in total. The van der Waals surface area contributed by atoms with E-state index < -0.39 is 17.6 Å². The zero-order chi connectivity index (χ0) is 18.0. The van der Waals surface area contributed by atoms with Crippen LogP contribution in [0.2, 0.25) is 0 Å². The molecular weight excluding hydrogens is 353 g/mol. The molecule has 0 aliphatic carbocycles. The zero-order valence-electron chi connectivity index (χ0n) is 13.4. The van der Waals surface area contributed by atoms with Crippen molar-refractivity contribution in [2.24, 2.45) is 0 Å². The van der Waals surface area contributed by atoms with Crippen molar-refractivity contribution >= 4 is 28.6 Å². The van der Waals surface area contributed by atoms with E-state index in [0.717, 1.165) is 4.31 Å². The lowest BCUT2D eigenvalue weighted by Crippen LogP contribution is -2.27. The number of phenolic OH excluding ortho intramolecular Hbond substituents is 1. The Labute approximate surface area is 141 Å². The second-order valence-corrected chi connectivity index (χ2v) is 9.00. The Kier molecular flexibility index (Phi) is 5.35. The number of aromatic hydroxyl groups is 1. The van der Waals surface area contributed by atoms with Crippen molar-refractivity contribution in [1.29, 1.82) is 0 Å². The number of hydrogen-bond acceptors (Lipinski definition) is 6. The predicted octanol–water partition coefficient (Wildman–Crippen LogP) is 2.33. The molecule has 7 nitrogen and oxygen atoms in total. The second-order valence-electron chi connectivity index (χ2n) is 4.82. The number of rotatable bonds is 6. The lowest BCUT2D eigenvalue weighted by atomic mass is 10.3. The van der Waals surface area contributed by atoms with Gasteiger partial charge in [0.05, 0.1) is 10.6 Å². The van der Waals surface area contributed by atoms with Gasteiger partial charge in [-0.15, -0.1) is 0 Å². The van der Waals surface area contributed by atoms with Crippen LogP contribution in [0.3, 0.4) is 0 Å². The maximum atomic E-state index is 12.6. The maximum Gasteiger partial charge on any atom is 0.364 e. The fourth-order valence-electron chi connectivity index (χ4n) is 2.09. The van der Waals surface area contributed by atoms with Gasteiger partial charge in [0, 0.05) is 21.3 Å². The van der Waals surface area contributed by atoms with Gasteiger partial charge in [-0.3, -0.25) is 8.87 Å². The van der Waals surface area contributed by atoms with Crippen LogP contribution in [0.15, 0.2) is 53.4 Å². The van der Waals surface area contributed by atoms with Gasteiger partial charge in [0.1, 0.15) is 11.1 Å². The zero-order valence-corrected chi connectivity index (χ0v) is 15.1. The van der Waals surface area contributed by atoms with Gasteiger partial charge in [-0.05, 0) is 30.3 Å². The summed E-state index contributed by atoms with van der Waals surface area (Å²) in [4.78, 5) is 0.115. The van der Waals surface area contributed by atoms with Gasteiger partial charge in [-0.25, -0.2) is 8.42 Å². The summed E-state index contributed by atoms with van der Waals surface area (Å²) in [6.07, 6.45) is 0. The first-order valence-electron chi connectivity index (χ1n) is 6.85. The Morgan fingerprint density at radius 3 is 2.17 bits per heavy atom. The molecule has 0 aromatic heterocycles. The molecule has 0 radical (unpaired) electrons. The first-order valence-corrected chi connectivity index (χ1v) is 9.83. The third kappa shape index (κ3) is 3.32. The number of nitrogens with zero attached hydrogens (tertiary/aromatic N) is 1. The molecule has 2 aromatic rings. The van der Waals surface area contributed by atoms with Gasteiger partial charge in [0.15, 0.2) is 0 Å². The number of phenols is 1. The first-order chi connectivity index (χ1) is 11.3. The van der Waals surface area contributed by atoms with E-state index in [4.69, 9.17) is 9.05 Å². The molecule has 9 heteroatoms. The molecule has 0 fully saturated rings. The van der Waals surface area contributed by atoms with Gasteiger partial charge in [0.25, 0.3) is 10.0 Å². The number of anilines is 1. The van der Waals surface area contributed by atoms with Crippen LogP contribution in [-0.2, 0) is 23.6 Å². The van der Waals surface area contributed by atoms with Crippen molar-refractivity contribution in [1.82, 2.24) is 0 Å². The molecule has 0 saturated carbocycles. The first kappa shape index (κ1) is 18.5. The molecule has 2 rings (SSSR count). The van der Waals surface area contributed by atoms with E-state index in [1.54, 1.807) is 18.2 Å². The van der Waals surface area contributed by atoms with Crippen LogP contribution in [0.5, 0.6) is 5.75 Å². The maximum absolute atomic E-state index is 12.6. The minimum atomic E-state index is -3.80. The molecule has 0 heterocycles.